The van der Waals surface area contributed by atoms with Gasteiger partial charge in [-0.2, -0.15) is 0 Å². The van der Waals surface area contributed by atoms with Gasteiger partial charge in [0.05, 0.1) is 21.8 Å². The topological polar surface area (TPSA) is 100 Å². The van der Waals surface area contributed by atoms with Crippen LogP contribution >= 0.6 is 0 Å². The zero-order chi connectivity index (χ0) is 15.2. The minimum atomic E-state index is -3.25. The van der Waals surface area contributed by atoms with E-state index in [4.69, 9.17) is 5.11 Å². The number of carboxylic acid groups (broad SMARTS) is 1. The van der Waals surface area contributed by atoms with E-state index < -0.39 is 15.8 Å². The number of fused-ring (bicyclic) bond motifs is 1. The summed E-state index contributed by atoms with van der Waals surface area (Å²) in [4.78, 5) is 18.9. The van der Waals surface area contributed by atoms with E-state index in [0.29, 0.717) is 23.9 Å². The molecule has 112 valence electrons. The summed E-state index contributed by atoms with van der Waals surface area (Å²) in [6.45, 7) is 0. The van der Waals surface area contributed by atoms with Gasteiger partial charge in [0.15, 0.2) is 9.84 Å². The lowest BCUT2D eigenvalue weighted by atomic mass is 10.0. The first-order valence-corrected chi connectivity index (χ1v) is 8.66. The van der Waals surface area contributed by atoms with Crippen LogP contribution in [0.5, 0.6) is 0 Å². The number of benzene rings is 1. The largest absolute Gasteiger partial charge is 0.481 e. The highest BCUT2D eigenvalue weighted by Crippen LogP contribution is 2.37. The van der Waals surface area contributed by atoms with Crippen LogP contribution in [0.15, 0.2) is 23.1 Å². The number of imidazole rings is 1. The molecule has 0 bridgehead atoms. The fourth-order valence-electron chi connectivity index (χ4n) is 2.89. The van der Waals surface area contributed by atoms with Crippen LogP contribution in [0.25, 0.3) is 11.0 Å². The lowest BCUT2D eigenvalue weighted by molar-refractivity contribution is -0.141. The molecule has 2 N–H and O–H groups in total. The number of H-pyrrole nitrogens is 1. The molecule has 2 atom stereocenters. The summed E-state index contributed by atoms with van der Waals surface area (Å²) in [6, 6.07) is 4.79. The van der Waals surface area contributed by atoms with Gasteiger partial charge in [0.25, 0.3) is 0 Å². The average molecular weight is 308 g/mol. The summed E-state index contributed by atoms with van der Waals surface area (Å²) in [5.74, 6) is -0.220. The fourth-order valence-corrected chi connectivity index (χ4v) is 3.53. The molecule has 1 aromatic carbocycles. The molecule has 0 amide bonds. The standard InChI is InChI=1S/C14H16N2O4S/c1-21(19,20)10-4-5-11-12(7-10)16-13(15-11)8-2-3-9(6-8)14(17)18/h4-5,7-9H,2-3,6H2,1H3,(H,15,16)(H,17,18). The fraction of sp³-hybridized carbons (Fsp3) is 0.429. The number of aromatic amines is 1. The zero-order valence-corrected chi connectivity index (χ0v) is 12.4. The Morgan fingerprint density at radius 2 is 2.14 bits per heavy atom. The third-order valence-electron chi connectivity index (χ3n) is 4.07. The number of rotatable bonds is 3. The number of aliphatic carboxylic acids is 1. The van der Waals surface area contributed by atoms with Crippen molar-refractivity contribution in [2.75, 3.05) is 6.26 Å². The predicted molar refractivity (Wildman–Crippen MR) is 76.9 cm³/mol. The average Bonchev–Trinajstić information content (AvgIpc) is 3.03. The number of hydrogen-bond donors (Lipinski definition) is 2. The van der Waals surface area contributed by atoms with Crippen molar-refractivity contribution < 1.29 is 18.3 Å². The molecule has 6 nitrogen and oxygen atoms in total. The van der Waals surface area contributed by atoms with Crippen LogP contribution in [0.2, 0.25) is 0 Å². The Morgan fingerprint density at radius 1 is 1.38 bits per heavy atom. The summed E-state index contributed by atoms with van der Waals surface area (Å²) < 4.78 is 23.1. The highest BCUT2D eigenvalue weighted by atomic mass is 32.2. The number of nitrogens with zero attached hydrogens (tertiary/aromatic N) is 1. The molecule has 1 saturated carbocycles. The van der Waals surface area contributed by atoms with Crippen molar-refractivity contribution >= 4 is 26.8 Å². The second-order valence-electron chi connectivity index (χ2n) is 5.62. The molecular formula is C14H16N2O4S. The van der Waals surface area contributed by atoms with Crippen LogP contribution in [-0.2, 0) is 14.6 Å². The van der Waals surface area contributed by atoms with Crippen molar-refractivity contribution in [1.82, 2.24) is 9.97 Å². The quantitative estimate of drug-likeness (QED) is 0.902. The molecule has 1 aliphatic carbocycles. The number of nitrogens with one attached hydrogen (secondary N) is 1. The van der Waals surface area contributed by atoms with Crippen LogP contribution in [-0.4, -0.2) is 35.7 Å². The molecular weight excluding hydrogens is 292 g/mol. The van der Waals surface area contributed by atoms with Crippen LogP contribution < -0.4 is 0 Å². The molecule has 2 unspecified atom stereocenters. The van der Waals surface area contributed by atoms with Crippen LogP contribution in [0.1, 0.15) is 31.0 Å². The summed E-state index contributed by atoms with van der Waals surface area (Å²) in [5.41, 5.74) is 1.38. The Hall–Kier alpha value is -1.89. The number of sulfone groups is 1. The first-order valence-electron chi connectivity index (χ1n) is 6.77. The summed E-state index contributed by atoms with van der Waals surface area (Å²) in [6.07, 6.45) is 3.19. The molecule has 1 aliphatic rings. The van der Waals surface area contributed by atoms with Gasteiger partial charge in [0.2, 0.25) is 0 Å². The molecule has 21 heavy (non-hydrogen) atoms. The van der Waals surface area contributed by atoms with Gasteiger partial charge in [-0.1, -0.05) is 0 Å². The Labute approximate surface area is 122 Å². The number of hydrogen-bond acceptors (Lipinski definition) is 4. The van der Waals surface area contributed by atoms with Gasteiger partial charge in [-0.05, 0) is 37.5 Å². The lowest BCUT2D eigenvalue weighted by Gasteiger charge is -2.04. The van der Waals surface area contributed by atoms with Crippen LogP contribution in [0.3, 0.4) is 0 Å². The van der Waals surface area contributed by atoms with Crippen molar-refractivity contribution in [3.63, 3.8) is 0 Å². The van der Waals surface area contributed by atoms with E-state index in [-0.39, 0.29) is 16.7 Å². The Bertz CT molecular complexity index is 809. The van der Waals surface area contributed by atoms with Crippen molar-refractivity contribution in [2.45, 2.75) is 30.1 Å². The van der Waals surface area contributed by atoms with Gasteiger partial charge >= 0.3 is 5.97 Å². The second-order valence-corrected chi connectivity index (χ2v) is 7.63. The summed E-state index contributed by atoms with van der Waals surface area (Å²) in [7, 11) is -3.25. The number of carbonyl (C=O) groups is 1. The maximum absolute atomic E-state index is 11.6. The first-order chi connectivity index (χ1) is 9.84. The minimum Gasteiger partial charge on any atom is -0.481 e. The number of aromatic nitrogens is 2. The van der Waals surface area contributed by atoms with E-state index in [2.05, 4.69) is 9.97 Å². The van der Waals surface area contributed by atoms with E-state index in [1.54, 1.807) is 12.1 Å². The van der Waals surface area contributed by atoms with Crippen molar-refractivity contribution in [2.24, 2.45) is 5.92 Å². The molecule has 1 heterocycles. The Balaban J connectivity index is 1.93. The summed E-state index contributed by atoms with van der Waals surface area (Å²) in [5, 5.41) is 9.05. The van der Waals surface area contributed by atoms with Gasteiger partial charge in [0, 0.05) is 12.2 Å². The molecule has 1 fully saturated rings. The van der Waals surface area contributed by atoms with Crippen molar-refractivity contribution in [3.05, 3.63) is 24.0 Å². The van der Waals surface area contributed by atoms with Crippen LogP contribution in [0.4, 0.5) is 0 Å². The van der Waals surface area contributed by atoms with Gasteiger partial charge in [-0.25, -0.2) is 13.4 Å². The molecule has 0 spiro atoms. The van der Waals surface area contributed by atoms with E-state index in [0.717, 1.165) is 12.2 Å². The van der Waals surface area contributed by atoms with E-state index in [1.807, 2.05) is 0 Å². The van der Waals surface area contributed by atoms with Gasteiger partial charge in [-0.3, -0.25) is 4.79 Å². The van der Waals surface area contributed by atoms with Gasteiger partial charge in [0.1, 0.15) is 5.82 Å². The molecule has 0 aliphatic heterocycles. The Morgan fingerprint density at radius 3 is 2.76 bits per heavy atom. The normalized spacial score (nSPS) is 22.7. The van der Waals surface area contributed by atoms with Crippen LogP contribution in [0, 0.1) is 5.92 Å². The Kier molecular flexibility index (Phi) is 3.24. The molecule has 0 radical (unpaired) electrons. The first kappa shape index (κ1) is 14.1. The zero-order valence-electron chi connectivity index (χ0n) is 11.5. The molecule has 1 aromatic heterocycles. The third kappa shape index (κ3) is 2.65. The molecule has 3 rings (SSSR count). The third-order valence-corrected chi connectivity index (χ3v) is 5.18. The number of carboxylic acids is 1. The smallest absolute Gasteiger partial charge is 0.306 e. The van der Waals surface area contributed by atoms with Crippen molar-refractivity contribution in [3.8, 4) is 0 Å². The predicted octanol–water partition coefficient (Wildman–Crippen LogP) is 1.93. The molecule has 0 saturated heterocycles. The van der Waals surface area contributed by atoms with E-state index in [1.165, 1.54) is 12.3 Å². The molecule has 2 aromatic rings. The monoisotopic (exact) mass is 308 g/mol. The second kappa shape index (κ2) is 4.84. The molecule has 7 heteroatoms. The maximum atomic E-state index is 11.6. The maximum Gasteiger partial charge on any atom is 0.306 e. The van der Waals surface area contributed by atoms with Crippen molar-refractivity contribution in [1.29, 1.82) is 0 Å². The SMILES string of the molecule is CS(=O)(=O)c1ccc2nc(C3CCC(C(=O)O)C3)[nH]c2c1. The summed E-state index contributed by atoms with van der Waals surface area (Å²) >= 11 is 0. The van der Waals surface area contributed by atoms with Gasteiger partial charge in [-0.15, -0.1) is 0 Å². The van der Waals surface area contributed by atoms with Gasteiger partial charge < -0.3 is 10.1 Å². The lowest BCUT2D eigenvalue weighted by Crippen LogP contribution is -2.09. The van der Waals surface area contributed by atoms with E-state index >= 15 is 0 Å². The highest BCUT2D eigenvalue weighted by Gasteiger charge is 2.32. The highest BCUT2D eigenvalue weighted by molar-refractivity contribution is 7.90. The van der Waals surface area contributed by atoms with E-state index in [9.17, 15) is 13.2 Å². The minimum absolute atomic E-state index is 0.0974.